The SMILES string of the molecule is C=C1OC(CO)C(O)C1O. The highest BCUT2D eigenvalue weighted by atomic mass is 16.5. The van der Waals surface area contributed by atoms with Crippen molar-refractivity contribution < 1.29 is 20.1 Å². The molecule has 0 spiro atoms. The van der Waals surface area contributed by atoms with E-state index in [1.807, 2.05) is 0 Å². The fourth-order valence-electron chi connectivity index (χ4n) is 0.873. The number of aliphatic hydroxyl groups excluding tert-OH is 3. The molecular formula is C6H10O4. The van der Waals surface area contributed by atoms with Crippen molar-refractivity contribution in [2.24, 2.45) is 0 Å². The maximum absolute atomic E-state index is 9.03. The van der Waals surface area contributed by atoms with E-state index < -0.39 is 18.3 Å². The second kappa shape index (κ2) is 2.57. The third-order valence-electron chi connectivity index (χ3n) is 1.52. The van der Waals surface area contributed by atoms with Crippen LogP contribution in [0.1, 0.15) is 0 Å². The van der Waals surface area contributed by atoms with E-state index in [1.165, 1.54) is 0 Å². The summed E-state index contributed by atoms with van der Waals surface area (Å²) in [5.74, 6) is 0.117. The molecule has 1 saturated heterocycles. The zero-order valence-electron chi connectivity index (χ0n) is 5.40. The third kappa shape index (κ3) is 1.01. The third-order valence-corrected chi connectivity index (χ3v) is 1.52. The van der Waals surface area contributed by atoms with Crippen molar-refractivity contribution in [1.29, 1.82) is 0 Å². The summed E-state index contributed by atoms with van der Waals surface area (Å²) in [6.45, 7) is 3.03. The van der Waals surface area contributed by atoms with Gasteiger partial charge in [-0.15, -0.1) is 0 Å². The molecule has 1 aliphatic heterocycles. The van der Waals surface area contributed by atoms with Crippen LogP contribution in [0.25, 0.3) is 0 Å². The molecule has 1 rings (SSSR count). The van der Waals surface area contributed by atoms with Crippen LogP contribution in [0.2, 0.25) is 0 Å². The van der Waals surface area contributed by atoms with Crippen LogP contribution < -0.4 is 0 Å². The summed E-state index contributed by atoms with van der Waals surface area (Å²) in [5, 5.41) is 26.5. The molecule has 0 saturated carbocycles. The Morgan fingerprint density at radius 2 is 2.10 bits per heavy atom. The first kappa shape index (κ1) is 7.53. The van der Waals surface area contributed by atoms with Gasteiger partial charge in [-0.1, -0.05) is 6.58 Å². The summed E-state index contributed by atoms with van der Waals surface area (Å²) in [4.78, 5) is 0. The van der Waals surface area contributed by atoms with Crippen LogP contribution in [0, 0.1) is 0 Å². The summed E-state index contributed by atoms with van der Waals surface area (Å²) in [5.41, 5.74) is 0. The summed E-state index contributed by atoms with van der Waals surface area (Å²) < 4.78 is 4.79. The van der Waals surface area contributed by atoms with Gasteiger partial charge in [0.2, 0.25) is 0 Å². The molecular weight excluding hydrogens is 136 g/mol. The summed E-state index contributed by atoms with van der Waals surface area (Å²) in [7, 11) is 0. The molecule has 0 aromatic heterocycles. The van der Waals surface area contributed by atoms with Gasteiger partial charge < -0.3 is 20.1 Å². The summed E-state index contributed by atoms with van der Waals surface area (Å²) in [6.07, 6.45) is -2.82. The van der Waals surface area contributed by atoms with Gasteiger partial charge in [0.1, 0.15) is 18.0 Å². The van der Waals surface area contributed by atoms with Crippen LogP contribution in [0.3, 0.4) is 0 Å². The first-order chi connectivity index (χ1) is 4.66. The Kier molecular flexibility index (Phi) is 1.94. The van der Waals surface area contributed by atoms with E-state index in [9.17, 15) is 0 Å². The monoisotopic (exact) mass is 146 g/mol. The highest BCUT2D eigenvalue weighted by molar-refractivity contribution is 5.05. The van der Waals surface area contributed by atoms with Gasteiger partial charge in [0.05, 0.1) is 6.61 Å². The highest BCUT2D eigenvalue weighted by Crippen LogP contribution is 2.21. The van der Waals surface area contributed by atoms with E-state index in [0.717, 1.165) is 0 Å². The molecule has 10 heavy (non-hydrogen) atoms. The van der Waals surface area contributed by atoms with Crippen LogP contribution in [-0.2, 0) is 4.74 Å². The maximum Gasteiger partial charge on any atom is 0.150 e. The minimum Gasteiger partial charge on any atom is -0.487 e. The lowest BCUT2D eigenvalue weighted by molar-refractivity contribution is -0.00283. The topological polar surface area (TPSA) is 69.9 Å². The molecule has 0 aliphatic carbocycles. The van der Waals surface area contributed by atoms with Gasteiger partial charge >= 0.3 is 0 Å². The van der Waals surface area contributed by atoms with Crippen LogP contribution in [0.4, 0.5) is 0 Å². The van der Waals surface area contributed by atoms with Gasteiger partial charge in [0.25, 0.3) is 0 Å². The fourth-order valence-corrected chi connectivity index (χ4v) is 0.873. The van der Waals surface area contributed by atoms with E-state index in [0.29, 0.717) is 0 Å². The van der Waals surface area contributed by atoms with E-state index in [4.69, 9.17) is 20.1 Å². The normalized spacial score (nSPS) is 39.9. The minimum absolute atomic E-state index is 0.117. The van der Waals surface area contributed by atoms with E-state index in [1.54, 1.807) is 0 Å². The molecule has 0 bridgehead atoms. The Labute approximate surface area is 58.4 Å². The largest absolute Gasteiger partial charge is 0.487 e. The van der Waals surface area contributed by atoms with Gasteiger partial charge in [-0.05, 0) is 0 Å². The quantitative estimate of drug-likeness (QED) is 0.426. The average Bonchev–Trinajstić information content (AvgIpc) is 2.17. The first-order valence-corrected chi connectivity index (χ1v) is 2.99. The summed E-state index contributed by atoms with van der Waals surface area (Å²) >= 11 is 0. The molecule has 0 aromatic rings. The van der Waals surface area contributed by atoms with Crippen LogP contribution in [0.15, 0.2) is 12.3 Å². The fraction of sp³-hybridized carbons (Fsp3) is 0.667. The van der Waals surface area contributed by atoms with Crippen molar-refractivity contribution >= 4 is 0 Å². The second-order valence-electron chi connectivity index (χ2n) is 2.24. The molecule has 1 aliphatic rings. The van der Waals surface area contributed by atoms with Gasteiger partial charge in [-0.3, -0.25) is 0 Å². The first-order valence-electron chi connectivity index (χ1n) is 2.99. The predicted octanol–water partition coefficient (Wildman–Crippen LogP) is -1.39. The number of ether oxygens (including phenoxy) is 1. The molecule has 1 heterocycles. The zero-order valence-corrected chi connectivity index (χ0v) is 5.40. The van der Waals surface area contributed by atoms with Gasteiger partial charge in [0.15, 0.2) is 6.10 Å². The molecule has 0 aromatic carbocycles. The van der Waals surface area contributed by atoms with Crippen molar-refractivity contribution in [2.75, 3.05) is 6.61 Å². The Morgan fingerprint density at radius 3 is 2.30 bits per heavy atom. The molecule has 3 atom stereocenters. The number of hydrogen-bond acceptors (Lipinski definition) is 4. The van der Waals surface area contributed by atoms with Gasteiger partial charge in [-0.2, -0.15) is 0 Å². The number of rotatable bonds is 1. The molecule has 0 radical (unpaired) electrons. The zero-order chi connectivity index (χ0) is 7.72. The van der Waals surface area contributed by atoms with Crippen molar-refractivity contribution in [2.45, 2.75) is 18.3 Å². The Morgan fingerprint density at radius 1 is 1.50 bits per heavy atom. The van der Waals surface area contributed by atoms with Crippen molar-refractivity contribution in [1.82, 2.24) is 0 Å². The Bertz CT molecular complexity index is 145. The minimum atomic E-state index is -1.06. The second-order valence-corrected chi connectivity index (χ2v) is 2.24. The Balaban J connectivity index is 2.61. The smallest absolute Gasteiger partial charge is 0.150 e. The van der Waals surface area contributed by atoms with Crippen molar-refractivity contribution in [3.63, 3.8) is 0 Å². The molecule has 4 heteroatoms. The lowest BCUT2D eigenvalue weighted by atomic mass is 10.1. The van der Waals surface area contributed by atoms with Crippen LogP contribution >= 0.6 is 0 Å². The van der Waals surface area contributed by atoms with Crippen molar-refractivity contribution in [3.8, 4) is 0 Å². The molecule has 0 amide bonds. The van der Waals surface area contributed by atoms with Gasteiger partial charge in [0, 0.05) is 0 Å². The number of aliphatic hydroxyl groups is 3. The van der Waals surface area contributed by atoms with Crippen LogP contribution in [0.5, 0.6) is 0 Å². The summed E-state index contributed by atoms with van der Waals surface area (Å²) in [6, 6.07) is 0. The maximum atomic E-state index is 9.03. The molecule has 3 N–H and O–H groups in total. The molecule has 4 nitrogen and oxygen atoms in total. The van der Waals surface area contributed by atoms with E-state index in [2.05, 4.69) is 6.58 Å². The average molecular weight is 146 g/mol. The molecule has 3 unspecified atom stereocenters. The van der Waals surface area contributed by atoms with Crippen molar-refractivity contribution in [3.05, 3.63) is 12.3 Å². The standard InChI is InChI=1S/C6H10O4/c1-3-5(8)6(9)4(2-7)10-3/h4-9H,1-2H2. The molecule has 58 valence electrons. The lowest BCUT2D eigenvalue weighted by Gasteiger charge is -2.09. The Hall–Kier alpha value is -0.580. The number of hydrogen-bond donors (Lipinski definition) is 3. The molecule has 1 fully saturated rings. The van der Waals surface area contributed by atoms with E-state index in [-0.39, 0.29) is 12.4 Å². The lowest BCUT2D eigenvalue weighted by Crippen LogP contribution is -2.31. The predicted molar refractivity (Wildman–Crippen MR) is 33.1 cm³/mol. The van der Waals surface area contributed by atoms with Crippen LogP contribution in [-0.4, -0.2) is 40.2 Å². The highest BCUT2D eigenvalue weighted by Gasteiger charge is 2.37. The van der Waals surface area contributed by atoms with E-state index >= 15 is 0 Å². The van der Waals surface area contributed by atoms with Gasteiger partial charge in [-0.25, -0.2) is 0 Å².